The van der Waals surface area contributed by atoms with Gasteiger partial charge in [0.05, 0.1) is 34.6 Å². The molecule has 0 spiro atoms. The minimum atomic E-state index is -0.566. The summed E-state index contributed by atoms with van der Waals surface area (Å²) in [6.07, 6.45) is 8.48. The first-order valence-corrected chi connectivity index (χ1v) is 18.8. The van der Waals surface area contributed by atoms with Crippen molar-refractivity contribution in [3.05, 3.63) is 71.8 Å². The molecule has 57 heavy (non-hydrogen) atoms. The highest BCUT2D eigenvalue weighted by Gasteiger charge is 2.48. The molecule has 0 aliphatic heterocycles. The van der Waals surface area contributed by atoms with Crippen molar-refractivity contribution in [2.45, 2.75) is 19.3 Å². The van der Waals surface area contributed by atoms with Crippen LogP contribution in [0.4, 0.5) is 22.7 Å². The Hall–Kier alpha value is -6.14. The number of nitrogens with zero attached hydrogens (tertiary/aromatic N) is 6. The minimum Gasteiger partial charge on any atom is -0.351 e. The van der Waals surface area contributed by atoms with E-state index in [2.05, 4.69) is 31.9 Å². The molecule has 4 aromatic heterocycles. The maximum Gasteiger partial charge on any atom is 0.272 e. The lowest BCUT2D eigenvalue weighted by Gasteiger charge is -2.10. The molecule has 6 N–H and O–H groups in total. The molecule has 0 radical (unpaired) electrons. The van der Waals surface area contributed by atoms with Gasteiger partial charge in [0, 0.05) is 66.1 Å². The fourth-order valence-electron chi connectivity index (χ4n) is 6.44. The van der Waals surface area contributed by atoms with E-state index < -0.39 is 23.7 Å². The zero-order valence-corrected chi connectivity index (χ0v) is 33.9. The first kappa shape index (κ1) is 42.0. The van der Waals surface area contributed by atoms with E-state index in [0.29, 0.717) is 53.6 Å². The van der Waals surface area contributed by atoms with Gasteiger partial charge < -0.3 is 60.0 Å². The van der Waals surface area contributed by atoms with Crippen LogP contribution >= 0.6 is 0 Å². The Morgan fingerprint density at radius 2 is 0.807 bits per heavy atom. The fraction of sp³-hybridized carbons (Fsp3) is 0.436. The summed E-state index contributed by atoms with van der Waals surface area (Å²) in [5.41, 5.74) is 3.06. The van der Waals surface area contributed by atoms with E-state index in [0.717, 1.165) is 25.9 Å². The van der Waals surface area contributed by atoms with Crippen molar-refractivity contribution >= 4 is 58.2 Å². The number of nitrogens with one attached hydrogen (secondary N) is 6. The van der Waals surface area contributed by atoms with Crippen molar-refractivity contribution in [1.29, 1.82) is 0 Å². The summed E-state index contributed by atoms with van der Waals surface area (Å²) < 4.78 is 6.44. The maximum atomic E-state index is 13.2. The molecule has 18 nitrogen and oxygen atoms in total. The van der Waals surface area contributed by atoms with Crippen LogP contribution in [0.5, 0.6) is 0 Å². The van der Waals surface area contributed by atoms with Crippen molar-refractivity contribution in [1.82, 2.24) is 38.7 Å². The van der Waals surface area contributed by atoms with E-state index in [9.17, 15) is 28.8 Å². The van der Waals surface area contributed by atoms with E-state index >= 15 is 0 Å². The molecule has 6 amide bonds. The molecule has 4 heterocycles. The Morgan fingerprint density at radius 3 is 1.12 bits per heavy atom. The van der Waals surface area contributed by atoms with E-state index in [1.54, 1.807) is 95.5 Å². The van der Waals surface area contributed by atoms with Crippen LogP contribution in [0.15, 0.2) is 49.1 Å². The lowest BCUT2D eigenvalue weighted by molar-refractivity contribution is -0.122. The maximum absolute atomic E-state index is 13.2. The van der Waals surface area contributed by atoms with E-state index in [-0.39, 0.29) is 35.0 Å². The summed E-state index contributed by atoms with van der Waals surface area (Å²) in [7, 11) is 14.7. The average Bonchev–Trinajstić information content (AvgIpc) is 3.28. The predicted octanol–water partition coefficient (Wildman–Crippen LogP) is 2.12. The molecule has 0 bridgehead atoms. The Bertz CT molecular complexity index is 1990. The van der Waals surface area contributed by atoms with Crippen LogP contribution in [0.1, 0.15) is 61.2 Å². The molecule has 306 valence electrons. The summed E-state index contributed by atoms with van der Waals surface area (Å²) >= 11 is 0. The van der Waals surface area contributed by atoms with Gasteiger partial charge in [-0.1, -0.05) is 0 Å². The number of anilines is 4. The van der Waals surface area contributed by atoms with Gasteiger partial charge in [-0.05, 0) is 84.8 Å². The lowest BCUT2D eigenvalue weighted by atomic mass is 10.2. The van der Waals surface area contributed by atoms with Gasteiger partial charge in [0.15, 0.2) is 0 Å². The Kier molecular flexibility index (Phi) is 13.4. The topological polar surface area (TPSA) is 201 Å². The van der Waals surface area contributed by atoms with Crippen LogP contribution in [0.2, 0.25) is 0 Å². The zero-order valence-electron chi connectivity index (χ0n) is 33.9. The fourth-order valence-corrected chi connectivity index (χ4v) is 6.44. The molecule has 0 unspecified atom stereocenters. The average molecular weight is 787 g/mol. The summed E-state index contributed by atoms with van der Waals surface area (Å²) in [5.74, 6) is -3.17. The van der Waals surface area contributed by atoms with Gasteiger partial charge in [-0.15, -0.1) is 0 Å². The van der Waals surface area contributed by atoms with Crippen molar-refractivity contribution in [2.24, 2.45) is 40.0 Å². The number of rotatable bonds is 18. The van der Waals surface area contributed by atoms with Crippen LogP contribution in [-0.4, -0.2) is 118 Å². The van der Waals surface area contributed by atoms with Crippen LogP contribution in [0.3, 0.4) is 0 Å². The Balaban J connectivity index is 1.09. The summed E-state index contributed by atoms with van der Waals surface area (Å²) in [5, 5.41) is 17.0. The molecule has 4 aromatic rings. The van der Waals surface area contributed by atoms with Crippen LogP contribution in [0.25, 0.3) is 0 Å². The molecule has 1 fully saturated rings. The quantitative estimate of drug-likeness (QED) is 0.0824. The lowest BCUT2D eigenvalue weighted by Crippen LogP contribution is -2.28. The van der Waals surface area contributed by atoms with E-state index in [4.69, 9.17) is 0 Å². The minimum absolute atomic E-state index is 0.239. The molecular weight excluding hydrogens is 733 g/mol. The number of carbonyl (C=O) groups is 6. The molecule has 5 rings (SSSR count). The normalized spacial score (nSPS) is 14.7. The van der Waals surface area contributed by atoms with Gasteiger partial charge >= 0.3 is 0 Å². The van der Waals surface area contributed by atoms with Crippen molar-refractivity contribution < 1.29 is 28.8 Å². The van der Waals surface area contributed by atoms with Gasteiger partial charge in [-0.3, -0.25) is 28.8 Å². The summed E-state index contributed by atoms with van der Waals surface area (Å²) in [4.78, 5) is 81.9. The van der Waals surface area contributed by atoms with Gasteiger partial charge in [0.1, 0.15) is 22.8 Å². The molecule has 1 aliphatic carbocycles. The molecular formula is C39H54N12O6. The number of carbonyl (C=O) groups excluding carboxylic acids is 6. The molecule has 0 saturated heterocycles. The largest absolute Gasteiger partial charge is 0.351 e. The second-order valence-corrected chi connectivity index (χ2v) is 15.1. The van der Waals surface area contributed by atoms with Gasteiger partial charge in [0.2, 0.25) is 11.8 Å². The van der Waals surface area contributed by atoms with Gasteiger partial charge in [-0.25, -0.2) is 0 Å². The summed E-state index contributed by atoms with van der Waals surface area (Å²) in [6.45, 7) is 2.76. The van der Waals surface area contributed by atoms with E-state index in [1.807, 2.05) is 38.0 Å². The van der Waals surface area contributed by atoms with Crippen molar-refractivity contribution in [3.8, 4) is 0 Å². The Morgan fingerprint density at radius 1 is 0.509 bits per heavy atom. The van der Waals surface area contributed by atoms with Crippen molar-refractivity contribution in [2.75, 3.05) is 75.6 Å². The first-order chi connectivity index (χ1) is 27.0. The second kappa shape index (κ2) is 18.2. The van der Waals surface area contributed by atoms with Crippen LogP contribution in [0, 0.1) is 11.8 Å². The standard InChI is InChI=1S/C39H54N12O6/c1-46(2)13-9-11-40-36(54)30-15-26(22-48(30)5)44-38(56)32-17-24(20-50(32)7)42-34(52)28-19-29(28)35(53)43-25-18-33(51(8)21-25)39(57)45-27-16-31(49(6)23-27)37(55)41-12-10-14-47(3)4/h15-18,20-23,28-29H,9-14,19H2,1-8H3,(H,40,54)(H,41,55)(H,42,52)(H,43,53)(H,44,56)(H,45,57)/t28-,29-/m1/s1. The third-order valence-corrected chi connectivity index (χ3v) is 9.60. The zero-order chi connectivity index (χ0) is 41.6. The summed E-state index contributed by atoms with van der Waals surface area (Å²) in [6, 6.07) is 6.29. The molecule has 0 aromatic carbocycles. The number of hydrogen-bond donors (Lipinski definition) is 6. The third kappa shape index (κ3) is 11.0. The third-order valence-electron chi connectivity index (χ3n) is 9.60. The molecule has 2 atom stereocenters. The number of aryl methyl sites for hydroxylation is 4. The second-order valence-electron chi connectivity index (χ2n) is 15.1. The number of hydrogen-bond acceptors (Lipinski definition) is 8. The first-order valence-electron chi connectivity index (χ1n) is 18.8. The highest BCUT2D eigenvalue weighted by molar-refractivity contribution is 6.08. The smallest absolute Gasteiger partial charge is 0.272 e. The predicted molar refractivity (Wildman–Crippen MR) is 217 cm³/mol. The van der Waals surface area contributed by atoms with Crippen LogP contribution in [-0.2, 0) is 37.8 Å². The number of amides is 6. The SMILES string of the molecule is CN(C)CCCNC(=O)c1cc(NC(=O)c2cc(NC(=O)[C@@H]3C[C@H]3C(=O)Nc3cc(C(=O)Nc4cc(C(=O)NCCCN(C)C)n(C)c4)n(C)c3)cn2C)cn1C. The Labute approximate surface area is 331 Å². The number of aromatic nitrogens is 4. The van der Waals surface area contributed by atoms with Gasteiger partial charge in [-0.2, -0.15) is 0 Å². The van der Waals surface area contributed by atoms with E-state index in [1.165, 1.54) is 0 Å². The molecule has 1 saturated carbocycles. The monoisotopic (exact) mass is 786 g/mol. The van der Waals surface area contributed by atoms with Crippen molar-refractivity contribution in [3.63, 3.8) is 0 Å². The molecule has 1 aliphatic rings. The molecule has 18 heteroatoms. The van der Waals surface area contributed by atoms with Gasteiger partial charge in [0.25, 0.3) is 23.6 Å². The highest BCUT2D eigenvalue weighted by atomic mass is 16.2. The highest BCUT2D eigenvalue weighted by Crippen LogP contribution is 2.40. The van der Waals surface area contributed by atoms with Crippen LogP contribution < -0.4 is 31.9 Å².